The van der Waals surface area contributed by atoms with E-state index < -0.39 is 0 Å². The number of unbranched alkanes of at least 4 members (excludes halogenated alkanes) is 1. The standard InChI is InChI=1S/C28H47N3/c1-4-5-16-29-19-21-31(22-20-29)27-11-10-25(30-17-8-6-7-9-18-30)23-26(27)24-12-14-28(2,3)15-13-24/h10-11,23-24H,4-9,12-22H2,1-3H3. The molecule has 0 bridgehead atoms. The zero-order chi connectivity index (χ0) is 21.7. The summed E-state index contributed by atoms with van der Waals surface area (Å²) in [5.74, 6) is 0.744. The average Bonchev–Trinajstić information content (AvgIpc) is 3.07. The van der Waals surface area contributed by atoms with Gasteiger partial charge in [0, 0.05) is 50.6 Å². The molecule has 1 saturated carbocycles. The lowest BCUT2D eigenvalue weighted by molar-refractivity contribution is 0.224. The van der Waals surface area contributed by atoms with Crippen molar-refractivity contribution >= 4 is 11.4 Å². The van der Waals surface area contributed by atoms with Gasteiger partial charge in [0.05, 0.1) is 0 Å². The third-order valence-electron chi connectivity index (χ3n) is 8.30. The Kier molecular flexibility index (Phi) is 7.85. The quantitative estimate of drug-likeness (QED) is 0.504. The van der Waals surface area contributed by atoms with Gasteiger partial charge in [-0.1, -0.05) is 40.0 Å². The summed E-state index contributed by atoms with van der Waals surface area (Å²) in [6.07, 6.45) is 13.6. The minimum absolute atomic E-state index is 0.532. The molecule has 0 amide bonds. The fourth-order valence-corrected chi connectivity index (χ4v) is 5.99. The van der Waals surface area contributed by atoms with E-state index in [9.17, 15) is 0 Å². The van der Waals surface area contributed by atoms with Crippen LogP contribution in [-0.2, 0) is 0 Å². The first-order chi connectivity index (χ1) is 15.1. The molecule has 3 fully saturated rings. The van der Waals surface area contributed by atoms with Gasteiger partial charge >= 0.3 is 0 Å². The second-order valence-corrected chi connectivity index (χ2v) is 11.3. The lowest BCUT2D eigenvalue weighted by Gasteiger charge is -2.40. The van der Waals surface area contributed by atoms with Crippen LogP contribution in [0.5, 0.6) is 0 Å². The second kappa shape index (κ2) is 10.6. The smallest absolute Gasteiger partial charge is 0.0404 e. The summed E-state index contributed by atoms with van der Waals surface area (Å²) in [6, 6.07) is 7.56. The van der Waals surface area contributed by atoms with Crippen molar-refractivity contribution in [1.82, 2.24) is 4.90 Å². The van der Waals surface area contributed by atoms with E-state index >= 15 is 0 Å². The van der Waals surface area contributed by atoms with Gasteiger partial charge in [-0.05, 0) is 86.6 Å². The number of nitrogens with zero attached hydrogens (tertiary/aromatic N) is 3. The molecule has 2 saturated heterocycles. The number of anilines is 2. The van der Waals surface area contributed by atoms with Crippen molar-refractivity contribution in [3.8, 4) is 0 Å². The van der Waals surface area contributed by atoms with Crippen molar-refractivity contribution in [2.75, 3.05) is 55.6 Å². The molecule has 3 nitrogen and oxygen atoms in total. The van der Waals surface area contributed by atoms with Crippen LogP contribution >= 0.6 is 0 Å². The molecule has 0 unspecified atom stereocenters. The summed E-state index contributed by atoms with van der Waals surface area (Å²) in [5.41, 5.74) is 5.24. The highest BCUT2D eigenvalue weighted by molar-refractivity contribution is 5.63. The molecule has 174 valence electrons. The van der Waals surface area contributed by atoms with Crippen LogP contribution in [-0.4, -0.2) is 50.7 Å². The molecule has 0 atom stereocenters. The maximum absolute atomic E-state index is 2.71. The Bertz CT molecular complexity index is 671. The molecule has 0 aromatic heterocycles. The zero-order valence-electron chi connectivity index (χ0n) is 20.7. The van der Waals surface area contributed by atoms with E-state index in [0.717, 1.165) is 5.92 Å². The maximum atomic E-state index is 2.71. The van der Waals surface area contributed by atoms with Crippen molar-refractivity contribution in [2.45, 2.75) is 90.9 Å². The zero-order valence-corrected chi connectivity index (χ0v) is 20.7. The highest BCUT2D eigenvalue weighted by Crippen LogP contribution is 2.45. The third kappa shape index (κ3) is 5.97. The van der Waals surface area contributed by atoms with Gasteiger partial charge in [-0.25, -0.2) is 0 Å². The second-order valence-electron chi connectivity index (χ2n) is 11.3. The molecule has 3 aliphatic rings. The van der Waals surface area contributed by atoms with Crippen LogP contribution in [0.4, 0.5) is 11.4 Å². The maximum Gasteiger partial charge on any atom is 0.0404 e. The molecule has 4 rings (SSSR count). The van der Waals surface area contributed by atoms with E-state index in [2.05, 4.69) is 53.7 Å². The molecular weight excluding hydrogens is 378 g/mol. The highest BCUT2D eigenvalue weighted by Gasteiger charge is 2.30. The Morgan fingerprint density at radius 3 is 2.16 bits per heavy atom. The van der Waals surface area contributed by atoms with E-state index in [1.807, 2.05) is 0 Å². The number of piperazine rings is 1. The van der Waals surface area contributed by atoms with Crippen LogP contribution in [0, 0.1) is 5.41 Å². The van der Waals surface area contributed by atoms with Crippen molar-refractivity contribution in [2.24, 2.45) is 5.41 Å². The normalized spacial score (nSPS) is 23.7. The van der Waals surface area contributed by atoms with Crippen molar-refractivity contribution < 1.29 is 0 Å². The summed E-state index contributed by atoms with van der Waals surface area (Å²) < 4.78 is 0. The van der Waals surface area contributed by atoms with Crippen LogP contribution in [0.15, 0.2) is 18.2 Å². The molecule has 0 spiro atoms. The lowest BCUT2D eigenvalue weighted by atomic mass is 9.71. The van der Waals surface area contributed by atoms with Crippen LogP contribution in [0.3, 0.4) is 0 Å². The van der Waals surface area contributed by atoms with Gasteiger partial charge in [-0.15, -0.1) is 0 Å². The number of hydrogen-bond donors (Lipinski definition) is 0. The molecule has 2 aliphatic heterocycles. The van der Waals surface area contributed by atoms with Crippen LogP contribution < -0.4 is 9.80 Å². The van der Waals surface area contributed by atoms with Crippen molar-refractivity contribution in [3.05, 3.63) is 23.8 Å². The SMILES string of the molecule is CCCCN1CCN(c2ccc(N3CCCCCC3)cc2C2CCC(C)(C)CC2)CC1. The predicted molar refractivity (Wildman–Crippen MR) is 136 cm³/mol. The van der Waals surface area contributed by atoms with Crippen LogP contribution in [0.1, 0.15) is 96.5 Å². The van der Waals surface area contributed by atoms with E-state index in [4.69, 9.17) is 0 Å². The molecule has 1 aromatic rings. The number of hydrogen-bond acceptors (Lipinski definition) is 3. The number of benzene rings is 1. The van der Waals surface area contributed by atoms with Crippen molar-refractivity contribution in [1.29, 1.82) is 0 Å². The molecular formula is C28H47N3. The van der Waals surface area contributed by atoms with Gasteiger partial charge in [0.15, 0.2) is 0 Å². The molecule has 2 heterocycles. The molecule has 1 aromatic carbocycles. The summed E-state index contributed by atoms with van der Waals surface area (Å²) in [7, 11) is 0. The molecule has 31 heavy (non-hydrogen) atoms. The monoisotopic (exact) mass is 425 g/mol. The molecule has 0 N–H and O–H groups in total. The first-order valence-electron chi connectivity index (χ1n) is 13.4. The van der Waals surface area contributed by atoms with E-state index in [-0.39, 0.29) is 0 Å². The highest BCUT2D eigenvalue weighted by atomic mass is 15.3. The van der Waals surface area contributed by atoms with Gasteiger partial charge in [-0.3, -0.25) is 4.90 Å². The Morgan fingerprint density at radius 2 is 1.52 bits per heavy atom. The van der Waals surface area contributed by atoms with Gasteiger partial charge in [-0.2, -0.15) is 0 Å². The lowest BCUT2D eigenvalue weighted by Crippen LogP contribution is -2.47. The minimum atomic E-state index is 0.532. The minimum Gasteiger partial charge on any atom is -0.372 e. The molecule has 1 aliphatic carbocycles. The summed E-state index contributed by atoms with van der Waals surface area (Å²) in [6.45, 7) is 15.8. The molecule has 3 heteroatoms. The Morgan fingerprint density at radius 1 is 0.839 bits per heavy atom. The van der Waals surface area contributed by atoms with Crippen molar-refractivity contribution in [3.63, 3.8) is 0 Å². The van der Waals surface area contributed by atoms with E-state index in [1.54, 1.807) is 11.3 Å². The fourth-order valence-electron chi connectivity index (χ4n) is 5.99. The van der Waals surface area contributed by atoms with Gasteiger partial charge < -0.3 is 9.80 Å². The summed E-state index contributed by atoms with van der Waals surface area (Å²) >= 11 is 0. The third-order valence-corrected chi connectivity index (χ3v) is 8.30. The van der Waals surface area contributed by atoms with Gasteiger partial charge in [0.1, 0.15) is 0 Å². The van der Waals surface area contributed by atoms with Gasteiger partial charge in [0.2, 0.25) is 0 Å². The van der Waals surface area contributed by atoms with Gasteiger partial charge in [0.25, 0.3) is 0 Å². The number of rotatable bonds is 6. The van der Waals surface area contributed by atoms with Crippen LogP contribution in [0.25, 0.3) is 0 Å². The molecule has 0 radical (unpaired) electrons. The summed E-state index contributed by atoms with van der Waals surface area (Å²) in [5, 5.41) is 0. The summed E-state index contributed by atoms with van der Waals surface area (Å²) in [4.78, 5) is 8.06. The predicted octanol–water partition coefficient (Wildman–Crippen LogP) is 6.67. The average molecular weight is 426 g/mol. The first-order valence-corrected chi connectivity index (χ1v) is 13.4. The topological polar surface area (TPSA) is 9.72 Å². The Labute approximate surface area is 192 Å². The largest absolute Gasteiger partial charge is 0.372 e. The Hall–Kier alpha value is -1.22. The Balaban J connectivity index is 1.54. The van der Waals surface area contributed by atoms with E-state index in [0.29, 0.717) is 5.41 Å². The van der Waals surface area contributed by atoms with E-state index in [1.165, 1.54) is 116 Å². The van der Waals surface area contributed by atoms with Crippen LogP contribution in [0.2, 0.25) is 0 Å². The first kappa shape index (κ1) is 23.0. The fraction of sp³-hybridized carbons (Fsp3) is 0.786.